The monoisotopic (exact) mass is 385 g/mol. The van der Waals surface area contributed by atoms with Crippen LogP contribution in [0.4, 0.5) is 0 Å². The molecule has 7 nitrogen and oxygen atoms in total. The highest BCUT2D eigenvalue weighted by molar-refractivity contribution is 5.83. The van der Waals surface area contributed by atoms with Gasteiger partial charge in [0.2, 0.25) is 11.8 Å². The molecule has 4 rings (SSSR count). The van der Waals surface area contributed by atoms with E-state index in [2.05, 4.69) is 32.5 Å². The molecule has 1 aromatic heterocycles. The Morgan fingerprint density at radius 3 is 2.96 bits per heavy atom. The zero-order chi connectivity index (χ0) is 19.5. The van der Waals surface area contributed by atoms with Gasteiger partial charge in [-0.25, -0.2) is 0 Å². The number of hydrogen-bond acceptors (Lipinski definition) is 5. The van der Waals surface area contributed by atoms with Crippen LogP contribution in [0.1, 0.15) is 37.7 Å². The molecule has 7 heteroatoms. The molecule has 28 heavy (non-hydrogen) atoms. The number of likely N-dealkylation sites (N-methyl/N-ethyl adjacent to an activating group) is 1. The Kier molecular flexibility index (Phi) is 5.92. The van der Waals surface area contributed by atoms with Crippen LogP contribution in [0.25, 0.3) is 0 Å². The highest BCUT2D eigenvalue weighted by Gasteiger charge is 2.46. The number of aromatic nitrogens is 1. The van der Waals surface area contributed by atoms with Crippen LogP contribution in [-0.2, 0) is 16.1 Å². The Labute approximate surface area is 166 Å². The van der Waals surface area contributed by atoms with Crippen LogP contribution < -0.4 is 10.6 Å². The Bertz CT molecular complexity index is 693. The molecule has 1 aliphatic carbocycles. The molecule has 1 aromatic rings. The van der Waals surface area contributed by atoms with Crippen LogP contribution >= 0.6 is 0 Å². The largest absolute Gasteiger partial charge is 0.353 e. The van der Waals surface area contributed by atoms with Crippen molar-refractivity contribution in [2.45, 2.75) is 56.8 Å². The van der Waals surface area contributed by atoms with Gasteiger partial charge in [-0.3, -0.25) is 24.4 Å². The van der Waals surface area contributed by atoms with Crippen molar-refractivity contribution < 1.29 is 9.59 Å². The highest BCUT2D eigenvalue weighted by Crippen LogP contribution is 2.34. The van der Waals surface area contributed by atoms with Crippen molar-refractivity contribution in [1.29, 1.82) is 0 Å². The van der Waals surface area contributed by atoms with Gasteiger partial charge >= 0.3 is 0 Å². The number of hydrogen-bond donors (Lipinski definition) is 2. The lowest BCUT2D eigenvalue weighted by Gasteiger charge is -2.33. The first kappa shape index (κ1) is 19.3. The van der Waals surface area contributed by atoms with Crippen LogP contribution in [0, 0.1) is 5.92 Å². The number of rotatable bonds is 7. The minimum atomic E-state index is -0.0324. The van der Waals surface area contributed by atoms with Crippen LogP contribution in [0.15, 0.2) is 24.5 Å². The second-order valence-corrected chi connectivity index (χ2v) is 8.48. The van der Waals surface area contributed by atoms with Gasteiger partial charge in [-0.1, -0.05) is 6.07 Å². The zero-order valence-electron chi connectivity index (χ0n) is 16.6. The first-order chi connectivity index (χ1) is 13.6. The van der Waals surface area contributed by atoms with Gasteiger partial charge in [-0.15, -0.1) is 0 Å². The van der Waals surface area contributed by atoms with Gasteiger partial charge in [0.05, 0.1) is 0 Å². The molecule has 2 saturated heterocycles. The van der Waals surface area contributed by atoms with Crippen molar-refractivity contribution in [3.63, 3.8) is 0 Å². The summed E-state index contributed by atoms with van der Waals surface area (Å²) < 4.78 is 0. The van der Waals surface area contributed by atoms with Crippen molar-refractivity contribution in [2.24, 2.45) is 5.92 Å². The third kappa shape index (κ3) is 4.52. The van der Waals surface area contributed by atoms with Crippen molar-refractivity contribution in [3.8, 4) is 0 Å². The summed E-state index contributed by atoms with van der Waals surface area (Å²) in [7, 11) is 2.12. The second-order valence-electron chi connectivity index (χ2n) is 8.48. The van der Waals surface area contributed by atoms with Gasteiger partial charge < -0.3 is 10.6 Å². The molecule has 2 aliphatic heterocycles. The lowest BCUT2D eigenvalue weighted by molar-refractivity contribution is -0.126. The normalized spacial score (nSPS) is 28.5. The van der Waals surface area contributed by atoms with E-state index in [1.165, 1.54) is 12.8 Å². The molecule has 2 N–H and O–H groups in total. The zero-order valence-corrected chi connectivity index (χ0v) is 16.6. The quantitative estimate of drug-likeness (QED) is 0.725. The van der Waals surface area contributed by atoms with Gasteiger partial charge in [0.1, 0.15) is 6.04 Å². The van der Waals surface area contributed by atoms with Crippen molar-refractivity contribution in [1.82, 2.24) is 25.4 Å². The van der Waals surface area contributed by atoms with Crippen LogP contribution in [0.3, 0.4) is 0 Å². The summed E-state index contributed by atoms with van der Waals surface area (Å²) in [4.78, 5) is 33.8. The fourth-order valence-electron chi connectivity index (χ4n) is 4.58. The molecule has 0 radical (unpaired) electrons. The Morgan fingerprint density at radius 1 is 1.36 bits per heavy atom. The highest BCUT2D eigenvalue weighted by atomic mass is 16.2. The molecule has 3 fully saturated rings. The van der Waals surface area contributed by atoms with Gasteiger partial charge in [0.25, 0.3) is 0 Å². The molecule has 3 atom stereocenters. The molecular formula is C21H31N5O2. The minimum Gasteiger partial charge on any atom is -0.353 e. The van der Waals surface area contributed by atoms with Crippen LogP contribution in [-0.4, -0.2) is 71.4 Å². The molecule has 0 spiro atoms. The standard InChI is InChI=1S/C21H31N5O2/c1-25-17(6-7-19(27)23-12-16-3-2-9-22-11-16)13-24-21(28)20-18(25)8-10-26(20)14-15-4-5-15/h2-3,9,11,15,17-18,20H,4-8,10,12-14H2,1H3,(H,23,27)(H,24,28)/t17-,18-,20-/m0/s1. The average molecular weight is 386 g/mol. The van der Waals surface area contributed by atoms with E-state index in [0.29, 0.717) is 19.5 Å². The number of pyridine rings is 1. The lowest BCUT2D eigenvalue weighted by Crippen LogP contribution is -2.50. The van der Waals surface area contributed by atoms with E-state index in [4.69, 9.17) is 0 Å². The number of carbonyl (C=O) groups is 2. The van der Waals surface area contributed by atoms with Gasteiger partial charge in [-0.2, -0.15) is 0 Å². The summed E-state index contributed by atoms with van der Waals surface area (Å²) in [6, 6.07) is 4.24. The molecule has 0 bridgehead atoms. The second kappa shape index (κ2) is 8.57. The summed E-state index contributed by atoms with van der Waals surface area (Å²) in [5.74, 6) is 1.00. The number of nitrogens with one attached hydrogen (secondary N) is 2. The van der Waals surface area contributed by atoms with E-state index in [1.807, 2.05) is 12.1 Å². The molecule has 0 unspecified atom stereocenters. The topological polar surface area (TPSA) is 77.6 Å². The number of likely N-dealkylation sites (tertiary alicyclic amines) is 1. The van der Waals surface area contributed by atoms with E-state index in [0.717, 1.165) is 37.4 Å². The number of fused-ring (bicyclic) bond motifs is 1. The number of amides is 2. The SMILES string of the molecule is CN1[C@@H](CCC(=O)NCc2cccnc2)CNC(=O)[C@@H]2[C@@H]1CCN2CC1CC1. The predicted molar refractivity (Wildman–Crippen MR) is 106 cm³/mol. The molecule has 1 saturated carbocycles. The first-order valence-electron chi connectivity index (χ1n) is 10.5. The maximum absolute atomic E-state index is 12.7. The Balaban J connectivity index is 1.29. The average Bonchev–Trinajstić information content (AvgIpc) is 3.44. The van der Waals surface area contributed by atoms with Crippen LogP contribution in [0.2, 0.25) is 0 Å². The molecule has 0 aromatic carbocycles. The van der Waals surface area contributed by atoms with E-state index < -0.39 is 0 Å². The van der Waals surface area contributed by atoms with Crippen LogP contribution in [0.5, 0.6) is 0 Å². The van der Waals surface area contributed by atoms with Gasteiger partial charge in [0.15, 0.2) is 0 Å². The van der Waals surface area contributed by atoms with E-state index in [9.17, 15) is 9.59 Å². The number of carbonyl (C=O) groups excluding carboxylic acids is 2. The Morgan fingerprint density at radius 2 is 2.21 bits per heavy atom. The van der Waals surface area contributed by atoms with Gasteiger partial charge in [-0.05, 0) is 50.3 Å². The summed E-state index contributed by atoms with van der Waals surface area (Å²) in [6.45, 7) is 3.19. The summed E-state index contributed by atoms with van der Waals surface area (Å²) >= 11 is 0. The number of nitrogens with zero attached hydrogens (tertiary/aromatic N) is 3. The lowest BCUT2D eigenvalue weighted by atomic mass is 10.0. The van der Waals surface area contributed by atoms with Crippen molar-refractivity contribution in [2.75, 3.05) is 26.7 Å². The summed E-state index contributed by atoms with van der Waals surface area (Å²) in [5.41, 5.74) is 0.999. The Hall–Kier alpha value is -1.99. The molecule has 3 heterocycles. The van der Waals surface area contributed by atoms with Gasteiger partial charge in [0, 0.05) is 57.1 Å². The third-order valence-corrected chi connectivity index (χ3v) is 6.46. The minimum absolute atomic E-state index is 0.0324. The maximum Gasteiger partial charge on any atom is 0.239 e. The van der Waals surface area contributed by atoms with E-state index >= 15 is 0 Å². The predicted octanol–water partition coefficient (Wildman–Crippen LogP) is 0.761. The molecule has 2 amide bonds. The maximum atomic E-state index is 12.7. The van der Waals surface area contributed by atoms with E-state index in [1.54, 1.807) is 12.4 Å². The smallest absolute Gasteiger partial charge is 0.239 e. The fraction of sp³-hybridized carbons (Fsp3) is 0.667. The molecular weight excluding hydrogens is 354 g/mol. The third-order valence-electron chi connectivity index (χ3n) is 6.46. The molecule has 152 valence electrons. The molecule has 3 aliphatic rings. The summed E-state index contributed by atoms with van der Waals surface area (Å²) in [6.07, 6.45) is 8.36. The van der Waals surface area contributed by atoms with Crippen molar-refractivity contribution >= 4 is 11.8 Å². The fourth-order valence-corrected chi connectivity index (χ4v) is 4.58. The summed E-state index contributed by atoms with van der Waals surface area (Å²) in [5, 5.41) is 6.11. The van der Waals surface area contributed by atoms with E-state index in [-0.39, 0.29) is 29.9 Å². The van der Waals surface area contributed by atoms with Crippen molar-refractivity contribution in [3.05, 3.63) is 30.1 Å². The first-order valence-corrected chi connectivity index (χ1v) is 10.5.